The Morgan fingerprint density at radius 3 is 2.83 bits per heavy atom. The third-order valence-electron chi connectivity index (χ3n) is 4.80. The van der Waals surface area contributed by atoms with Crippen LogP contribution >= 0.6 is 23.1 Å². The number of ether oxygens (including phenoxy) is 1. The molecule has 0 aliphatic rings. The van der Waals surface area contributed by atoms with Crippen molar-refractivity contribution >= 4 is 39.2 Å². The first-order chi connectivity index (χ1) is 14.3. The number of amides is 1. The molecule has 0 saturated heterocycles. The summed E-state index contributed by atoms with van der Waals surface area (Å²) < 4.78 is 19.0. The zero-order valence-electron chi connectivity index (χ0n) is 17.3. The van der Waals surface area contributed by atoms with Gasteiger partial charge < -0.3 is 14.6 Å². The molecule has 1 unspecified atom stereocenters. The molecule has 6 nitrogen and oxygen atoms in total. The van der Waals surface area contributed by atoms with Gasteiger partial charge in [-0.05, 0) is 38.5 Å². The summed E-state index contributed by atoms with van der Waals surface area (Å²) in [4.78, 5) is 35.7. The Kier molecular flexibility index (Phi) is 7.14. The van der Waals surface area contributed by atoms with Crippen LogP contribution in [-0.2, 0) is 10.5 Å². The predicted molar refractivity (Wildman–Crippen MR) is 120 cm³/mol. The maximum absolute atomic E-state index is 13.6. The van der Waals surface area contributed by atoms with Gasteiger partial charge in [-0.15, -0.1) is 23.1 Å². The molecule has 0 radical (unpaired) electrons. The molecule has 2 heterocycles. The van der Waals surface area contributed by atoms with Crippen molar-refractivity contribution in [3.63, 3.8) is 0 Å². The van der Waals surface area contributed by atoms with E-state index in [-0.39, 0.29) is 29.1 Å². The molecule has 160 valence electrons. The summed E-state index contributed by atoms with van der Waals surface area (Å²) in [6.45, 7) is 6.25. The topological polar surface area (TPSA) is 75.3 Å². The summed E-state index contributed by atoms with van der Waals surface area (Å²) in [5.74, 6) is 0.663. The quantitative estimate of drug-likeness (QED) is 0.565. The number of nitrogens with one attached hydrogen (secondary N) is 1. The van der Waals surface area contributed by atoms with Gasteiger partial charge in [-0.3, -0.25) is 9.59 Å². The summed E-state index contributed by atoms with van der Waals surface area (Å²) in [5, 5.41) is 0.321. The number of aromatic nitrogens is 2. The SMILES string of the molecule is Cc1sc2nc(CSC(C)C(=O)N(C)CCOc3ccccc3F)[nH]c(=O)c2c1C. The first kappa shape index (κ1) is 22.3. The molecule has 9 heteroatoms. The van der Waals surface area contributed by atoms with Gasteiger partial charge in [0.2, 0.25) is 5.91 Å². The largest absolute Gasteiger partial charge is 0.489 e. The van der Waals surface area contributed by atoms with E-state index < -0.39 is 5.82 Å². The number of para-hydroxylation sites is 1. The second-order valence-electron chi connectivity index (χ2n) is 6.97. The fraction of sp³-hybridized carbons (Fsp3) is 0.381. The van der Waals surface area contributed by atoms with Crippen LogP contribution in [0.4, 0.5) is 4.39 Å². The number of likely N-dealkylation sites (N-methyl/N-ethyl adjacent to an activating group) is 1. The zero-order valence-corrected chi connectivity index (χ0v) is 19.0. The normalized spacial score (nSPS) is 12.2. The fourth-order valence-electron chi connectivity index (χ4n) is 2.92. The van der Waals surface area contributed by atoms with Crippen LogP contribution in [0.25, 0.3) is 10.2 Å². The van der Waals surface area contributed by atoms with Gasteiger partial charge in [0.25, 0.3) is 5.56 Å². The van der Waals surface area contributed by atoms with Crippen molar-refractivity contribution < 1.29 is 13.9 Å². The molecule has 0 bridgehead atoms. The molecular weight excluding hydrogens is 425 g/mol. The predicted octanol–water partition coefficient (Wildman–Crippen LogP) is 3.90. The molecule has 1 N–H and O–H groups in total. The van der Waals surface area contributed by atoms with Crippen LogP contribution in [0.3, 0.4) is 0 Å². The minimum absolute atomic E-state index is 0.0663. The molecule has 0 aliphatic heterocycles. The molecule has 30 heavy (non-hydrogen) atoms. The number of hydrogen-bond donors (Lipinski definition) is 1. The monoisotopic (exact) mass is 449 g/mol. The van der Waals surface area contributed by atoms with E-state index in [4.69, 9.17) is 4.74 Å². The molecule has 0 fully saturated rings. The summed E-state index contributed by atoms with van der Waals surface area (Å²) in [5.41, 5.74) is 0.824. The number of aryl methyl sites for hydroxylation is 2. The van der Waals surface area contributed by atoms with Crippen molar-refractivity contribution in [2.75, 3.05) is 20.2 Å². The van der Waals surface area contributed by atoms with Crippen molar-refractivity contribution in [1.82, 2.24) is 14.9 Å². The molecule has 0 aliphatic carbocycles. The number of rotatable bonds is 8. The highest BCUT2D eigenvalue weighted by Crippen LogP contribution is 2.26. The van der Waals surface area contributed by atoms with Crippen molar-refractivity contribution in [3.8, 4) is 5.75 Å². The Hall–Kier alpha value is -2.39. The molecule has 0 saturated carbocycles. The third kappa shape index (κ3) is 5.02. The number of benzene rings is 1. The number of halogens is 1. The minimum atomic E-state index is -0.426. The lowest BCUT2D eigenvalue weighted by atomic mass is 10.2. The molecular formula is C21H24FN3O3S2. The Morgan fingerprint density at radius 2 is 2.10 bits per heavy atom. The van der Waals surface area contributed by atoms with E-state index in [9.17, 15) is 14.0 Å². The highest BCUT2D eigenvalue weighted by atomic mass is 32.2. The van der Waals surface area contributed by atoms with Crippen LogP contribution in [0.1, 0.15) is 23.2 Å². The Balaban J connectivity index is 1.53. The van der Waals surface area contributed by atoms with E-state index in [2.05, 4.69) is 9.97 Å². The molecule has 0 spiro atoms. The highest BCUT2D eigenvalue weighted by molar-refractivity contribution is 7.99. The highest BCUT2D eigenvalue weighted by Gasteiger charge is 2.19. The molecule has 1 atom stereocenters. The van der Waals surface area contributed by atoms with E-state index in [1.165, 1.54) is 29.2 Å². The first-order valence-electron chi connectivity index (χ1n) is 9.50. The van der Waals surface area contributed by atoms with Gasteiger partial charge in [-0.2, -0.15) is 0 Å². The van der Waals surface area contributed by atoms with Crippen LogP contribution in [0.5, 0.6) is 5.75 Å². The van der Waals surface area contributed by atoms with E-state index >= 15 is 0 Å². The van der Waals surface area contributed by atoms with Crippen LogP contribution in [0.15, 0.2) is 29.1 Å². The van der Waals surface area contributed by atoms with Crippen LogP contribution in [0, 0.1) is 19.7 Å². The number of thiophene rings is 1. The standard InChI is InChI=1S/C21H24FN3O3S2/c1-12-13(2)30-20-18(12)19(26)23-17(24-20)11-29-14(3)21(27)25(4)9-10-28-16-8-6-5-7-15(16)22/h5-8,14H,9-11H2,1-4H3,(H,23,24,26). The first-order valence-corrected chi connectivity index (χ1v) is 11.4. The number of fused-ring (bicyclic) bond motifs is 1. The molecule has 3 aromatic rings. The molecule has 1 amide bonds. The van der Waals surface area contributed by atoms with Crippen molar-refractivity contribution in [1.29, 1.82) is 0 Å². The van der Waals surface area contributed by atoms with Gasteiger partial charge in [-0.25, -0.2) is 9.37 Å². The average molecular weight is 450 g/mol. The second-order valence-corrected chi connectivity index (χ2v) is 9.50. The summed E-state index contributed by atoms with van der Waals surface area (Å²) >= 11 is 2.91. The summed E-state index contributed by atoms with van der Waals surface area (Å²) in [6.07, 6.45) is 0. The lowest BCUT2D eigenvalue weighted by Gasteiger charge is -2.21. The van der Waals surface area contributed by atoms with Gasteiger partial charge in [0.15, 0.2) is 11.6 Å². The van der Waals surface area contributed by atoms with Gasteiger partial charge >= 0.3 is 0 Å². The number of carbonyl (C=O) groups excluding carboxylic acids is 1. The van der Waals surface area contributed by atoms with E-state index in [1.807, 2.05) is 20.8 Å². The van der Waals surface area contributed by atoms with Gasteiger partial charge in [-0.1, -0.05) is 12.1 Å². The van der Waals surface area contributed by atoms with Crippen LogP contribution in [-0.4, -0.2) is 46.2 Å². The van der Waals surface area contributed by atoms with Gasteiger partial charge in [0.05, 0.1) is 22.9 Å². The van der Waals surface area contributed by atoms with E-state index in [1.54, 1.807) is 30.1 Å². The summed E-state index contributed by atoms with van der Waals surface area (Å²) in [7, 11) is 1.69. The number of nitrogens with zero attached hydrogens (tertiary/aromatic N) is 2. The van der Waals surface area contributed by atoms with E-state index in [0.29, 0.717) is 23.5 Å². The summed E-state index contributed by atoms with van der Waals surface area (Å²) in [6, 6.07) is 6.17. The van der Waals surface area contributed by atoms with Crippen molar-refractivity contribution in [2.45, 2.75) is 31.8 Å². The number of H-pyrrole nitrogens is 1. The Morgan fingerprint density at radius 1 is 1.37 bits per heavy atom. The minimum Gasteiger partial charge on any atom is -0.489 e. The third-order valence-corrected chi connectivity index (χ3v) is 7.05. The maximum atomic E-state index is 13.6. The lowest BCUT2D eigenvalue weighted by Crippen LogP contribution is -2.36. The number of carbonyl (C=O) groups is 1. The zero-order chi connectivity index (χ0) is 21.8. The number of aromatic amines is 1. The maximum Gasteiger partial charge on any atom is 0.259 e. The smallest absolute Gasteiger partial charge is 0.259 e. The fourth-order valence-corrected chi connectivity index (χ4v) is 4.83. The Labute approximate surface area is 182 Å². The van der Waals surface area contributed by atoms with Gasteiger partial charge in [0, 0.05) is 11.9 Å². The number of hydrogen-bond acceptors (Lipinski definition) is 6. The molecule has 1 aromatic carbocycles. The van der Waals surface area contributed by atoms with Crippen LogP contribution < -0.4 is 10.3 Å². The lowest BCUT2D eigenvalue weighted by molar-refractivity contribution is -0.129. The van der Waals surface area contributed by atoms with Crippen molar-refractivity contribution in [3.05, 3.63) is 56.7 Å². The van der Waals surface area contributed by atoms with Crippen molar-refractivity contribution in [2.24, 2.45) is 0 Å². The molecule has 3 rings (SSSR count). The van der Waals surface area contributed by atoms with Gasteiger partial charge in [0.1, 0.15) is 17.3 Å². The Bertz CT molecular complexity index is 1110. The van der Waals surface area contributed by atoms with Crippen LogP contribution in [0.2, 0.25) is 0 Å². The number of thioether (sulfide) groups is 1. The molecule has 2 aromatic heterocycles. The van der Waals surface area contributed by atoms with E-state index in [0.717, 1.165) is 15.3 Å². The average Bonchev–Trinajstić information content (AvgIpc) is 3.00. The second kappa shape index (κ2) is 9.61.